The molecule has 1 rings (SSSR count). The van der Waals surface area contributed by atoms with Gasteiger partial charge in [0.15, 0.2) is 0 Å². The van der Waals surface area contributed by atoms with Crippen molar-refractivity contribution < 1.29 is 4.79 Å². The van der Waals surface area contributed by atoms with Crippen molar-refractivity contribution in [3.8, 4) is 0 Å². The minimum atomic E-state index is 0.371. The zero-order chi connectivity index (χ0) is 18.0. The summed E-state index contributed by atoms with van der Waals surface area (Å²) in [6, 6.07) is 0. The number of hydrogen-bond acceptors (Lipinski definition) is 2. The third kappa shape index (κ3) is 13.3. The summed E-state index contributed by atoms with van der Waals surface area (Å²) in [5.41, 5.74) is 0. The van der Waals surface area contributed by atoms with Crippen LogP contribution in [-0.4, -0.2) is 37.0 Å². The quantitative estimate of drug-likeness (QED) is 0.362. The van der Waals surface area contributed by atoms with E-state index in [1.165, 1.54) is 89.9 Å². The van der Waals surface area contributed by atoms with Crippen molar-refractivity contribution in [2.24, 2.45) is 0 Å². The highest BCUT2D eigenvalue weighted by Crippen LogP contribution is 2.14. The number of nitrogens with zero attached hydrogens (tertiary/aromatic N) is 1. The predicted octanol–water partition coefficient (Wildman–Crippen LogP) is 5.68. The van der Waals surface area contributed by atoms with Crippen LogP contribution in [0.3, 0.4) is 0 Å². The minimum absolute atomic E-state index is 0.371. The predicted molar refractivity (Wildman–Crippen MR) is 109 cm³/mol. The molecule has 3 heteroatoms. The fourth-order valence-corrected chi connectivity index (χ4v) is 3.72. The van der Waals surface area contributed by atoms with Gasteiger partial charge in [-0.05, 0) is 6.42 Å². The third-order valence-electron chi connectivity index (χ3n) is 5.46. The standard InChI is InChI=1S/C22H44N2O/c1-2-3-4-5-6-7-8-9-10-11-12-13-14-15-16-17-22(25)24-20-18-23-19-21-24/h23H,2-21H2,1H3. The Hall–Kier alpha value is -0.570. The first kappa shape index (κ1) is 22.5. The van der Waals surface area contributed by atoms with Crippen LogP contribution in [0.4, 0.5) is 0 Å². The number of amides is 1. The molecule has 1 aliphatic rings. The summed E-state index contributed by atoms with van der Waals surface area (Å²) in [5.74, 6) is 0.371. The maximum absolute atomic E-state index is 12.0. The molecule has 0 aliphatic carbocycles. The van der Waals surface area contributed by atoms with Gasteiger partial charge in [-0.2, -0.15) is 0 Å². The Kier molecular flexibility index (Phi) is 15.2. The van der Waals surface area contributed by atoms with Gasteiger partial charge in [-0.1, -0.05) is 96.8 Å². The zero-order valence-corrected chi connectivity index (χ0v) is 17.0. The van der Waals surface area contributed by atoms with Gasteiger partial charge in [-0.15, -0.1) is 0 Å². The zero-order valence-electron chi connectivity index (χ0n) is 17.0. The molecule has 3 nitrogen and oxygen atoms in total. The van der Waals surface area contributed by atoms with Gasteiger partial charge in [0, 0.05) is 32.6 Å². The van der Waals surface area contributed by atoms with E-state index in [1.807, 2.05) is 4.90 Å². The van der Waals surface area contributed by atoms with Crippen LogP contribution in [-0.2, 0) is 4.79 Å². The second kappa shape index (κ2) is 16.9. The Bertz CT molecular complexity index is 300. The maximum atomic E-state index is 12.0. The second-order valence-electron chi connectivity index (χ2n) is 7.83. The molecule has 0 saturated carbocycles. The molecule has 0 atom stereocenters. The smallest absolute Gasteiger partial charge is 0.222 e. The van der Waals surface area contributed by atoms with Crippen molar-refractivity contribution >= 4 is 5.91 Å². The van der Waals surface area contributed by atoms with E-state index in [0.29, 0.717) is 5.91 Å². The number of hydrogen-bond donors (Lipinski definition) is 1. The average Bonchev–Trinajstić information content (AvgIpc) is 2.65. The summed E-state index contributed by atoms with van der Waals surface area (Å²) in [7, 11) is 0. The molecule has 1 heterocycles. The molecule has 148 valence electrons. The number of unbranched alkanes of at least 4 members (excludes halogenated alkanes) is 14. The third-order valence-corrected chi connectivity index (χ3v) is 5.46. The molecule has 0 aromatic heterocycles. The van der Waals surface area contributed by atoms with Crippen molar-refractivity contribution in [2.75, 3.05) is 26.2 Å². The van der Waals surface area contributed by atoms with Gasteiger partial charge in [0.2, 0.25) is 5.91 Å². The second-order valence-corrected chi connectivity index (χ2v) is 7.83. The molecule has 0 aromatic carbocycles. The van der Waals surface area contributed by atoms with E-state index >= 15 is 0 Å². The van der Waals surface area contributed by atoms with Gasteiger partial charge < -0.3 is 10.2 Å². The molecule has 0 radical (unpaired) electrons. The minimum Gasteiger partial charge on any atom is -0.340 e. The van der Waals surface area contributed by atoms with Gasteiger partial charge in [0.25, 0.3) is 0 Å². The Morgan fingerprint density at radius 1 is 0.680 bits per heavy atom. The Balaban J connectivity index is 1.73. The summed E-state index contributed by atoms with van der Waals surface area (Å²) in [4.78, 5) is 14.1. The van der Waals surface area contributed by atoms with Gasteiger partial charge in [0.1, 0.15) is 0 Å². The van der Waals surface area contributed by atoms with E-state index in [4.69, 9.17) is 0 Å². The topological polar surface area (TPSA) is 32.3 Å². The van der Waals surface area contributed by atoms with Crippen LogP contribution in [0.15, 0.2) is 0 Å². The molecular formula is C22H44N2O. The van der Waals surface area contributed by atoms with Gasteiger partial charge in [0.05, 0.1) is 0 Å². The first-order valence-electron chi connectivity index (χ1n) is 11.3. The molecule has 0 aromatic rings. The SMILES string of the molecule is CCCCCCCCCCCCCCCCCC(=O)N1CCNCC1. The van der Waals surface area contributed by atoms with Crippen LogP contribution in [0.1, 0.15) is 110 Å². The molecule has 0 unspecified atom stereocenters. The summed E-state index contributed by atoms with van der Waals surface area (Å²) in [5, 5.41) is 3.30. The number of nitrogens with one attached hydrogen (secondary N) is 1. The van der Waals surface area contributed by atoms with Crippen LogP contribution in [0.5, 0.6) is 0 Å². The number of piperazine rings is 1. The highest BCUT2D eigenvalue weighted by molar-refractivity contribution is 5.76. The van der Waals surface area contributed by atoms with Gasteiger partial charge >= 0.3 is 0 Å². The Morgan fingerprint density at radius 2 is 1.08 bits per heavy atom. The average molecular weight is 353 g/mol. The van der Waals surface area contributed by atoms with Crippen LogP contribution in [0.25, 0.3) is 0 Å². The molecule has 1 N–H and O–H groups in total. The lowest BCUT2D eigenvalue weighted by Gasteiger charge is -2.27. The summed E-state index contributed by atoms with van der Waals surface area (Å²) in [6.07, 6.45) is 21.4. The van der Waals surface area contributed by atoms with Crippen LogP contribution >= 0.6 is 0 Å². The highest BCUT2D eigenvalue weighted by Gasteiger charge is 2.14. The fourth-order valence-electron chi connectivity index (χ4n) is 3.72. The number of carbonyl (C=O) groups excluding carboxylic acids is 1. The molecular weight excluding hydrogens is 308 g/mol. The van der Waals surface area contributed by atoms with Crippen LogP contribution < -0.4 is 5.32 Å². The van der Waals surface area contributed by atoms with E-state index < -0.39 is 0 Å². The first-order valence-corrected chi connectivity index (χ1v) is 11.3. The summed E-state index contributed by atoms with van der Waals surface area (Å²) < 4.78 is 0. The fraction of sp³-hybridized carbons (Fsp3) is 0.955. The van der Waals surface area contributed by atoms with Crippen molar-refractivity contribution in [3.05, 3.63) is 0 Å². The molecule has 25 heavy (non-hydrogen) atoms. The maximum Gasteiger partial charge on any atom is 0.222 e. The molecule has 1 aliphatic heterocycles. The lowest BCUT2D eigenvalue weighted by atomic mass is 10.0. The highest BCUT2D eigenvalue weighted by atomic mass is 16.2. The Morgan fingerprint density at radius 3 is 1.52 bits per heavy atom. The van der Waals surface area contributed by atoms with E-state index in [1.54, 1.807) is 0 Å². The van der Waals surface area contributed by atoms with Crippen LogP contribution in [0, 0.1) is 0 Å². The van der Waals surface area contributed by atoms with Crippen molar-refractivity contribution in [3.63, 3.8) is 0 Å². The lowest BCUT2D eigenvalue weighted by molar-refractivity contribution is -0.131. The van der Waals surface area contributed by atoms with E-state index in [2.05, 4.69) is 12.2 Å². The van der Waals surface area contributed by atoms with Gasteiger partial charge in [-0.3, -0.25) is 4.79 Å². The Labute approximate surface area is 157 Å². The molecule has 0 bridgehead atoms. The van der Waals surface area contributed by atoms with Crippen molar-refractivity contribution in [2.45, 2.75) is 110 Å². The molecule has 1 fully saturated rings. The van der Waals surface area contributed by atoms with Crippen LogP contribution in [0.2, 0.25) is 0 Å². The van der Waals surface area contributed by atoms with E-state index in [0.717, 1.165) is 39.0 Å². The first-order chi connectivity index (χ1) is 12.3. The van der Waals surface area contributed by atoms with Crippen molar-refractivity contribution in [1.82, 2.24) is 10.2 Å². The van der Waals surface area contributed by atoms with E-state index in [9.17, 15) is 4.79 Å². The van der Waals surface area contributed by atoms with Gasteiger partial charge in [-0.25, -0.2) is 0 Å². The molecule has 1 amide bonds. The number of carbonyl (C=O) groups is 1. The number of rotatable bonds is 16. The van der Waals surface area contributed by atoms with E-state index in [-0.39, 0.29) is 0 Å². The lowest BCUT2D eigenvalue weighted by Crippen LogP contribution is -2.46. The van der Waals surface area contributed by atoms with Crippen molar-refractivity contribution in [1.29, 1.82) is 0 Å². The largest absolute Gasteiger partial charge is 0.340 e. The molecule has 0 spiro atoms. The summed E-state index contributed by atoms with van der Waals surface area (Å²) in [6.45, 7) is 6.01. The molecule has 1 saturated heterocycles. The normalized spacial score (nSPS) is 14.8. The monoisotopic (exact) mass is 352 g/mol. The summed E-state index contributed by atoms with van der Waals surface area (Å²) >= 11 is 0.